The Hall–Kier alpha value is -0.950. The molecule has 1 saturated heterocycles. The lowest BCUT2D eigenvalue weighted by atomic mass is 10.2. The van der Waals surface area contributed by atoms with Gasteiger partial charge < -0.3 is 9.84 Å². The highest BCUT2D eigenvalue weighted by Crippen LogP contribution is 2.36. The molecule has 112 valence electrons. The summed E-state index contributed by atoms with van der Waals surface area (Å²) in [5, 5.41) is 9.51. The van der Waals surface area contributed by atoms with E-state index in [-0.39, 0.29) is 17.6 Å². The quantitative estimate of drug-likeness (QED) is 0.918. The molecule has 0 unspecified atom stereocenters. The summed E-state index contributed by atoms with van der Waals surface area (Å²) in [5.74, 6) is 0. The highest BCUT2D eigenvalue weighted by atomic mass is 32.2. The third-order valence-electron chi connectivity index (χ3n) is 3.61. The molecule has 0 bridgehead atoms. The van der Waals surface area contributed by atoms with Crippen LogP contribution in [0.25, 0.3) is 0 Å². The summed E-state index contributed by atoms with van der Waals surface area (Å²) >= 11 is 0. The zero-order valence-corrected chi connectivity index (χ0v) is 13.0. The minimum absolute atomic E-state index is 0.215. The van der Waals surface area contributed by atoms with E-state index in [0.29, 0.717) is 0 Å². The van der Waals surface area contributed by atoms with E-state index >= 15 is 0 Å². The summed E-state index contributed by atoms with van der Waals surface area (Å²) < 4.78 is 32.6. The summed E-state index contributed by atoms with van der Waals surface area (Å²) in [6, 6.07) is 6.11. The molecule has 0 saturated carbocycles. The highest BCUT2D eigenvalue weighted by molar-refractivity contribution is 7.89. The van der Waals surface area contributed by atoms with Gasteiger partial charge in [0, 0.05) is 0 Å². The monoisotopic (exact) mass is 299 g/mol. The molecule has 1 aliphatic heterocycles. The average Bonchev–Trinajstić information content (AvgIpc) is 2.59. The number of ether oxygens (including phenoxy) is 1. The Morgan fingerprint density at radius 1 is 1.30 bits per heavy atom. The Morgan fingerprint density at radius 2 is 1.85 bits per heavy atom. The van der Waals surface area contributed by atoms with Crippen LogP contribution in [0.5, 0.6) is 0 Å². The van der Waals surface area contributed by atoms with Gasteiger partial charge in [0.2, 0.25) is 10.0 Å². The van der Waals surface area contributed by atoms with E-state index in [1.165, 1.54) is 4.31 Å². The van der Waals surface area contributed by atoms with Crippen LogP contribution in [0.2, 0.25) is 0 Å². The lowest BCUT2D eigenvalue weighted by Gasteiger charge is -2.31. The van der Waals surface area contributed by atoms with Crippen molar-refractivity contribution in [3.63, 3.8) is 0 Å². The smallest absolute Gasteiger partial charge is 0.245 e. The Kier molecular flexibility index (Phi) is 3.94. The SMILES string of the molecule is Cc1ccc(S(=O)(=O)N2[C@@H](CO)[C@@H](C)OC2(C)C)cc1. The molecule has 5 nitrogen and oxygen atoms in total. The van der Waals surface area contributed by atoms with Crippen LogP contribution >= 0.6 is 0 Å². The normalized spacial score (nSPS) is 26.9. The molecule has 0 amide bonds. The first kappa shape index (κ1) is 15.4. The first-order chi connectivity index (χ1) is 9.20. The minimum atomic E-state index is -3.71. The molecule has 1 heterocycles. The topological polar surface area (TPSA) is 66.8 Å². The molecular formula is C14H21NO4S. The van der Waals surface area contributed by atoms with Gasteiger partial charge in [-0.2, -0.15) is 4.31 Å². The molecular weight excluding hydrogens is 278 g/mol. The van der Waals surface area contributed by atoms with Crippen LogP contribution in [0.3, 0.4) is 0 Å². The maximum atomic E-state index is 12.8. The molecule has 0 radical (unpaired) electrons. The van der Waals surface area contributed by atoms with Crippen LogP contribution in [0.1, 0.15) is 26.3 Å². The number of rotatable bonds is 3. The molecule has 20 heavy (non-hydrogen) atoms. The number of sulfonamides is 1. The van der Waals surface area contributed by atoms with E-state index in [0.717, 1.165) is 5.56 Å². The van der Waals surface area contributed by atoms with Crippen LogP contribution in [0, 0.1) is 6.92 Å². The Balaban J connectivity index is 2.49. The highest BCUT2D eigenvalue weighted by Gasteiger charge is 2.51. The molecule has 1 aromatic carbocycles. The summed E-state index contributed by atoms with van der Waals surface area (Å²) in [4.78, 5) is 0.215. The lowest BCUT2D eigenvalue weighted by Crippen LogP contribution is -2.49. The second-order valence-electron chi connectivity index (χ2n) is 5.63. The first-order valence-electron chi connectivity index (χ1n) is 6.60. The van der Waals surface area contributed by atoms with Gasteiger partial charge in [-0.05, 0) is 39.8 Å². The van der Waals surface area contributed by atoms with Crippen LogP contribution in [-0.2, 0) is 14.8 Å². The number of benzene rings is 1. The van der Waals surface area contributed by atoms with E-state index in [9.17, 15) is 13.5 Å². The molecule has 0 aliphatic carbocycles. The molecule has 6 heteroatoms. The summed E-state index contributed by atoms with van der Waals surface area (Å²) in [6.07, 6.45) is -0.352. The summed E-state index contributed by atoms with van der Waals surface area (Å²) in [7, 11) is -3.71. The van der Waals surface area contributed by atoms with Gasteiger partial charge in [-0.15, -0.1) is 0 Å². The number of aryl methyl sites for hydroxylation is 1. The third kappa shape index (κ3) is 2.48. The minimum Gasteiger partial charge on any atom is -0.395 e. The van der Waals surface area contributed by atoms with Crippen molar-refractivity contribution in [3.05, 3.63) is 29.8 Å². The van der Waals surface area contributed by atoms with Crippen molar-refractivity contribution in [1.82, 2.24) is 4.31 Å². The fraction of sp³-hybridized carbons (Fsp3) is 0.571. The van der Waals surface area contributed by atoms with E-state index in [1.54, 1.807) is 45.0 Å². The maximum Gasteiger partial charge on any atom is 0.245 e. The van der Waals surface area contributed by atoms with Gasteiger partial charge in [-0.3, -0.25) is 0 Å². The van der Waals surface area contributed by atoms with Crippen LogP contribution < -0.4 is 0 Å². The second-order valence-corrected chi connectivity index (χ2v) is 7.45. The number of aliphatic hydroxyl groups excluding tert-OH is 1. The number of hydrogen-bond donors (Lipinski definition) is 1. The van der Waals surface area contributed by atoms with Gasteiger partial charge in [0.05, 0.1) is 23.6 Å². The number of aliphatic hydroxyl groups is 1. The fourth-order valence-electron chi connectivity index (χ4n) is 2.69. The van der Waals surface area contributed by atoms with E-state index in [1.807, 2.05) is 6.92 Å². The lowest BCUT2D eigenvalue weighted by molar-refractivity contribution is -0.0438. The zero-order chi connectivity index (χ0) is 15.1. The molecule has 1 fully saturated rings. The van der Waals surface area contributed by atoms with Gasteiger partial charge in [-0.1, -0.05) is 17.7 Å². The van der Waals surface area contributed by atoms with Gasteiger partial charge in [0.25, 0.3) is 0 Å². The van der Waals surface area contributed by atoms with Crippen molar-refractivity contribution < 1.29 is 18.3 Å². The van der Waals surface area contributed by atoms with Crippen LogP contribution in [0.4, 0.5) is 0 Å². The summed E-state index contributed by atoms with van der Waals surface area (Å²) in [5.41, 5.74) is 0.0178. The van der Waals surface area contributed by atoms with Crippen molar-refractivity contribution in [2.45, 2.75) is 50.5 Å². The second kappa shape index (κ2) is 5.11. The van der Waals surface area contributed by atoms with Crippen molar-refractivity contribution in [1.29, 1.82) is 0 Å². The van der Waals surface area contributed by atoms with Crippen molar-refractivity contribution in [2.24, 2.45) is 0 Å². The molecule has 1 aliphatic rings. The Bertz CT molecular complexity index is 580. The fourth-order valence-corrected chi connectivity index (χ4v) is 4.61. The summed E-state index contributed by atoms with van der Waals surface area (Å²) in [6.45, 7) is 6.80. The zero-order valence-electron chi connectivity index (χ0n) is 12.2. The molecule has 2 rings (SSSR count). The van der Waals surface area contributed by atoms with Crippen molar-refractivity contribution >= 4 is 10.0 Å². The maximum absolute atomic E-state index is 12.8. The van der Waals surface area contributed by atoms with Gasteiger partial charge in [0.15, 0.2) is 0 Å². The molecule has 0 spiro atoms. The molecule has 1 N–H and O–H groups in total. The largest absolute Gasteiger partial charge is 0.395 e. The Labute approximate surface area is 120 Å². The van der Waals surface area contributed by atoms with Gasteiger partial charge in [0.1, 0.15) is 5.72 Å². The van der Waals surface area contributed by atoms with Gasteiger partial charge >= 0.3 is 0 Å². The first-order valence-corrected chi connectivity index (χ1v) is 8.04. The van der Waals surface area contributed by atoms with E-state index < -0.39 is 21.8 Å². The average molecular weight is 299 g/mol. The van der Waals surface area contributed by atoms with E-state index in [4.69, 9.17) is 4.74 Å². The van der Waals surface area contributed by atoms with Gasteiger partial charge in [-0.25, -0.2) is 8.42 Å². The predicted molar refractivity (Wildman–Crippen MR) is 75.7 cm³/mol. The third-order valence-corrected chi connectivity index (χ3v) is 5.71. The predicted octanol–water partition coefficient (Wildman–Crippen LogP) is 1.50. The number of hydrogen-bond acceptors (Lipinski definition) is 4. The number of nitrogens with zero attached hydrogens (tertiary/aromatic N) is 1. The van der Waals surface area contributed by atoms with Crippen molar-refractivity contribution in [3.8, 4) is 0 Å². The van der Waals surface area contributed by atoms with Crippen molar-refractivity contribution in [2.75, 3.05) is 6.61 Å². The van der Waals surface area contributed by atoms with Crippen LogP contribution in [-0.4, -0.2) is 42.3 Å². The van der Waals surface area contributed by atoms with E-state index in [2.05, 4.69) is 0 Å². The molecule has 0 aromatic heterocycles. The standard InChI is InChI=1S/C14H21NO4S/c1-10-5-7-12(8-6-10)20(17,18)15-13(9-16)11(2)19-14(15,3)4/h5-8,11,13,16H,9H2,1-4H3/t11-,13+/m1/s1. The Morgan fingerprint density at radius 3 is 2.35 bits per heavy atom. The van der Waals surface area contributed by atoms with Crippen LogP contribution in [0.15, 0.2) is 29.2 Å². The molecule has 1 aromatic rings. The molecule has 2 atom stereocenters.